The number of rotatable bonds is 9. The average molecular weight is 549 g/mol. The number of carbonyl (C=O) groups is 3. The van der Waals surface area contributed by atoms with E-state index >= 15 is 4.39 Å². The summed E-state index contributed by atoms with van der Waals surface area (Å²) in [4.78, 5) is 41.4. The van der Waals surface area contributed by atoms with Crippen LogP contribution in [-0.4, -0.2) is 23.0 Å². The number of halogens is 3. The molecule has 1 atom stereocenters. The molecule has 0 aliphatic rings. The summed E-state index contributed by atoms with van der Waals surface area (Å²) < 4.78 is 29.8. The third-order valence-electron chi connectivity index (χ3n) is 6.68. The Labute approximate surface area is 230 Å². The van der Waals surface area contributed by atoms with E-state index in [0.717, 1.165) is 17.7 Å². The van der Waals surface area contributed by atoms with Crippen LogP contribution in [0.2, 0.25) is 5.02 Å². The van der Waals surface area contributed by atoms with E-state index in [2.05, 4.69) is 10.3 Å². The monoisotopic (exact) mass is 548 g/mol. The summed E-state index contributed by atoms with van der Waals surface area (Å²) in [5, 5.41) is 3.20. The van der Waals surface area contributed by atoms with E-state index in [1.807, 2.05) is 26.0 Å². The number of aromatic amines is 1. The smallest absolute Gasteiger partial charge is 0.253 e. The van der Waals surface area contributed by atoms with Gasteiger partial charge >= 0.3 is 0 Å². The largest absolute Gasteiger partial charge is 0.357 e. The van der Waals surface area contributed by atoms with Crippen molar-refractivity contribution in [1.29, 1.82) is 0 Å². The van der Waals surface area contributed by atoms with Crippen molar-refractivity contribution < 1.29 is 23.2 Å². The number of amides is 1. The van der Waals surface area contributed by atoms with Crippen LogP contribution in [0, 0.1) is 18.6 Å². The molecule has 0 aliphatic carbocycles. The minimum absolute atomic E-state index is 0.0484. The zero-order valence-corrected chi connectivity index (χ0v) is 22.4. The second kappa shape index (κ2) is 11.7. The highest BCUT2D eigenvalue weighted by molar-refractivity contribution is 6.30. The maximum Gasteiger partial charge on any atom is 0.253 e. The number of aromatic nitrogens is 1. The molecule has 8 heteroatoms. The van der Waals surface area contributed by atoms with Gasteiger partial charge in [0.15, 0.2) is 0 Å². The lowest BCUT2D eigenvalue weighted by molar-refractivity contribution is -0.108. The Morgan fingerprint density at radius 3 is 2.31 bits per heavy atom. The Kier molecular flexibility index (Phi) is 8.41. The number of hydrogen-bond donors (Lipinski definition) is 2. The highest BCUT2D eigenvalue weighted by atomic mass is 35.5. The van der Waals surface area contributed by atoms with Gasteiger partial charge < -0.3 is 15.1 Å². The Bertz CT molecular complexity index is 1540. The van der Waals surface area contributed by atoms with Gasteiger partial charge in [0.2, 0.25) is 5.78 Å². The highest BCUT2D eigenvalue weighted by Crippen LogP contribution is 2.35. The Balaban J connectivity index is 1.83. The third-order valence-corrected chi connectivity index (χ3v) is 6.91. The van der Waals surface area contributed by atoms with Crippen LogP contribution < -0.4 is 5.32 Å². The van der Waals surface area contributed by atoms with E-state index in [1.165, 1.54) is 13.1 Å². The highest BCUT2D eigenvalue weighted by Gasteiger charge is 2.29. The van der Waals surface area contributed by atoms with Crippen LogP contribution in [0.3, 0.4) is 0 Å². The molecule has 39 heavy (non-hydrogen) atoms. The van der Waals surface area contributed by atoms with Crippen LogP contribution in [0.1, 0.15) is 75.3 Å². The van der Waals surface area contributed by atoms with Gasteiger partial charge in [0.05, 0.1) is 17.3 Å². The van der Waals surface area contributed by atoms with E-state index in [9.17, 15) is 18.8 Å². The normalized spacial score (nSPS) is 11.9. The van der Waals surface area contributed by atoms with Gasteiger partial charge in [0.25, 0.3) is 5.91 Å². The number of benzene rings is 3. The first-order valence-electron chi connectivity index (χ1n) is 12.4. The molecule has 5 nitrogen and oxygen atoms in total. The summed E-state index contributed by atoms with van der Waals surface area (Å²) in [6.45, 7) is 5.44. The molecule has 0 radical (unpaired) electrons. The molecule has 0 spiro atoms. The molecule has 1 heterocycles. The number of nitrogens with one attached hydrogen (secondary N) is 2. The van der Waals surface area contributed by atoms with Crippen LogP contribution in [0.5, 0.6) is 0 Å². The lowest BCUT2D eigenvalue weighted by atomic mass is 9.92. The standard InChI is InChI=1S/C31H27ClF2N2O3/c1-17(2)19-7-9-20(10-8-19)30(38)29-28(27-18(3)24(33)11-12-25(27)34)23(16-35-29)31(39)36-26(13-14-37)21-5-4-6-22(32)15-21/h4-12,14-17,26,35H,13H2,1-3H3,(H,36,39). The van der Waals surface area contributed by atoms with Gasteiger partial charge in [-0.3, -0.25) is 9.59 Å². The van der Waals surface area contributed by atoms with Crippen molar-refractivity contribution in [2.75, 3.05) is 0 Å². The summed E-state index contributed by atoms with van der Waals surface area (Å²) in [6.07, 6.45) is 1.91. The molecule has 0 saturated carbocycles. The minimum atomic E-state index is -0.786. The van der Waals surface area contributed by atoms with Gasteiger partial charge in [-0.15, -0.1) is 0 Å². The molecule has 1 amide bonds. The van der Waals surface area contributed by atoms with Crippen molar-refractivity contribution in [3.63, 3.8) is 0 Å². The molecule has 3 aromatic carbocycles. The van der Waals surface area contributed by atoms with Crippen molar-refractivity contribution in [3.8, 4) is 11.1 Å². The molecule has 0 bridgehead atoms. The van der Waals surface area contributed by atoms with Gasteiger partial charge in [-0.1, -0.05) is 61.8 Å². The summed E-state index contributed by atoms with van der Waals surface area (Å²) in [7, 11) is 0. The van der Waals surface area contributed by atoms with E-state index in [4.69, 9.17) is 11.6 Å². The van der Waals surface area contributed by atoms with Gasteiger partial charge in [0.1, 0.15) is 17.9 Å². The number of H-pyrrole nitrogens is 1. The number of carbonyl (C=O) groups excluding carboxylic acids is 3. The molecule has 1 unspecified atom stereocenters. The van der Waals surface area contributed by atoms with Crippen molar-refractivity contribution in [3.05, 3.63) is 117 Å². The summed E-state index contributed by atoms with van der Waals surface area (Å²) in [5.41, 5.74) is 1.52. The van der Waals surface area contributed by atoms with Gasteiger partial charge in [0, 0.05) is 34.3 Å². The fraction of sp³-hybridized carbons (Fsp3) is 0.194. The average Bonchev–Trinajstić information content (AvgIpc) is 3.35. The van der Waals surface area contributed by atoms with Crippen LogP contribution in [0.25, 0.3) is 11.1 Å². The van der Waals surface area contributed by atoms with E-state index < -0.39 is 29.4 Å². The molecule has 1 aromatic heterocycles. The predicted molar refractivity (Wildman–Crippen MR) is 147 cm³/mol. The van der Waals surface area contributed by atoms with Crippen LogP contribution in [0.15, 0.2) is 66.9 Å². The van der Waals surface area contributed by atoms with Crippen LogP contribution in [-0.2, 0) is 4.79 Å². The first-order valence-corrected chi connectivity index (χ1v) is 12.8. The minimum Gasteiger partial charge on any atom is -0.357 e. The Morgan fingerprint density at radius 1 is 0.974 bits per heavy atom. The number of ketones is 1. The molecule has 0 aliphatic heterocycles. The van der Waals surface area contributed by atoms with Gasteiger partial charge in [-0.05, 0) is 53.8 Å². The fourth-order valence-corrected chi connectivity index (χ4v) is 4.70. The molecule has 2 N–H and O–H groups in total. The topological polar surface area (TPSA) is 79.0 Å². The van der Waals surface area contributed by atoms with Crippen LogP contribution >= 0.6 is 11.6 Å². The van der Waals surface area contributed by atoms with E-state index in [-0.39, 0.29) is 40.3 Å². The molecule has 4 aromatic rings. The summed E-state index contributed by atoms with van der Waals surface area (Å²) in [6, 6.07) is 14.9. The Hall–Kier alpha value is -4.10. The third kappa shape index (κ3) is 5.83. The van der Waals surface area contributed by atoms with Crippen LogP contribution in [0.4, 0.5) is 8.78 Å². The predicted octanol–water partition coefficient (Wildman–Crippen LogP) is 7.34. The SMILES string of the molecule is Cc1c(F)ccc(F)c1-c1c(C(=O)NC(CC=O)c2cccc(Cl)c2)c[nH]c1C(=O)c1ccc(C(C)C)cc1. The molecule has 0 fully saturated rings. The lowest BCUT2D eigenvalue weighted by Crippen LogP contribution is -2.29. The summed E-state index contributed by atoms with van der Waals surface area (Å²) in [5.74, 6) is -2.37. The first kappa shape index (κ1) is 27.9. The molecule has 200 valence electrons. The van der Waals surface area contributed by atoms with Gasteiger partial charge in [-0.25, -0.2) is 8.78 Å². The van der Waals surface area contributed by atoms with Crippen molar-refractivity contribution >= 4 is 29.6 Å². The quantitative estimate of drug-likeness (QED) is 0.170. The number of aldehydes is 1. The second-order valence-electron chi connectivity index (χ2n) is 9.57. The molecule has 0 saturated heterocycles. The van der Waals surface area contributed by atoms with Crippen molar-refractivity contribution in [2.45, 2.75) is 39.2 Å². The van der Waals surface area contributed by atoms with E-state index in [0.29, 0.717) is 22.4 Å². The van der Waals surface area contributed by atoms with Gasteiger partial charge in [-0.2, -0.15) is 0 Å². The van der Waals surface area contributed by atoms with Crippen molar-refractivity contribution in [2.24, 2.45) is 0 Å². The summed E-state index contributed by atoms with van der Waals surface area (Å²) >= 11 is 6.10. The zero-order chi connectivity index (χ0) is 28.3. The Morgan fingerprint density at radius 2 is 1.67 bits per heavy atom. The molecular weight excluding hydrogens is 522 g/mol. The fourth-order valence-electron chi connectivity index (χ4n) is 4.50. The molecule has 4 rings (SSSR count). The first-order chi connectivity index (χ1) is 18.6. The maximum atomic E-state index is 15.2. The lowest BCUT2D eigenvalue weighted by Gasteiger charge is -2.18. The van der Waals surface area contributed by atoms with Crippen molar-refractivity contribution in [1.82, 2.24) is 10.3 Å². The van der Waals surface area contributed by atoms with E-state index in [1.54, 1.807) is 36.4 Å². The molecular formula is C31H27ClF2N2O3. The maximum absolute atomic E-state index is 15.2. The zero-order valence-electron chi connectivity index (χ0n) is 21.6. The second-order valence-corrected chi connectivity index (χ2v) is 10.0. The number of hydrogen-bond acceptors (Lipinski definition) is 3.